The van der Waals surface area contributed by atoms with Crippen LogP contribution in [-0.4, -0.2) is 12.2 Å². The summed E-state index contributed by atoms with van der Waals surface area (Å²) >= 11 is 0. The summed E-state index contributed by atoms with van der Waals surface area (Å²) in [7, 11) is 1.66. The molecule has 2 heteroatoms. The maximum atomic E-state index is 9.17. The Bertz CT molecular complexity index is 457. The summed E-state index contributed by atoms with van der Waals surface area (Å²) < 4.78 is 5.11. The SMILES string of the molecule is COc1ccc(C[CH]c2ccc(O)cc2)cc1. The minimum absolute atomic E-state index is 0.298. The van der Waals surface area contributed by atoms with Crippen LogP contribution in [0.5, 0.6) is 11.5 Å². The summed E-state index contributed by atoms with van der Waals surface area (Å²) in [4.78, 5) is 0. The Kier molecular flexibility index (Phi) is 3.66. The highest BCUT2D eigenvalue weighted by molar-refractivity contribution is 5.33. The lowest BCUT2D eigenvalue weighted by molar-refractivity contribution is 0.414. The van der Waals surface area contributed by atoms with Crippen LogP contribution >= 0.6 is 0 Å². The van der Waals surface area contributed by atoms with E-state index in [-0.39, 0.29) is 0 Å². The molecule has 87 valence electrons. The monoisotopic (exact) mass is 227 g/mol. The van der Waals surface area contributed by atoms with E-state index in [9.17, 15) is 5.11 Å². The van der Waals surface area contributed by atoms with Crippen molar-refractivity contribution in [2.24, 2.45) is 0 Å². The Morgan fingerprint density at radius 2 is 1.65 bits per heavy atom. The van der Waals surface area contributed by atoms with Crippen molar-refractivity contribution in [3.05, 3.63) is 66.1 Å². The van der Waals surface area contributed by atoms with E-state index in [4.69, 9.17) is 4.74 Å². The van der Waals surface area contributed by atoms with Crippen molar-refractivity contribution in [2.75, 3.05) is 7.11 Å². The minimum Gasteiger partial charge on any atom is -0.508 e. The topological polar surface area (TPSA) is 29.5 Å². The standard InChI is InChI=1S/C15H15O2/c1-17-15-10-6-13(7-11-15)3-2-12-4-8-14(16)9-5-12/h2,4-11,16H,3H2,1H3. The largest absolute Gasteiger partial charge is 0.508 e. The molecule has 0 atom stereocenters. The van der Waals surface area contributed by atoms with E-state index >= 15 is 0 Å². The van der Waals surface area contributed by atoms with Gasteiger partial charge in [0.15, 0.2) is 0 Å². The summed E-state index contributed by atoms with van der Waals surface area (Å²) in [5.41, 5.74) is 2.34. The molecule has 0 bridgehead atoms. The van der Waals surface area contributed by atoms with Crippen LogP contribution in [0.15, 0.2) is 48.5 Å². The van der Waals surface area contributed by atoms with Crippen LogP contribution in [0.2, 0.25) is 0 Å². The summed E-state index contributed by atoms with van der Waals surface area (Å²) in [5, 5.41) is 9.17. The second-order valence-corrected chi connectivity index (χ2v) is 3.85. The molecule has 0 saturated heterocycles. The zero-order valence-corrected chi connectivity index (χ0v) is 9.76. The summed E-state index contributed by atoms with van der Waals surface area (Å²) in [6, 6.07) is 15.2. The number of benzene rings is 2. The Morgan fingerprint density at radius 1 is 1.00 bits per heavy atom. The molecular weight excluding hydrogens is 212 g/mol. The van der Waals surface area contributed by atoms with Gasteiger partial charge in [0.1, 0.15) is 11.5 Å². The van der Waals surface area contributed by atoms with Gasteiger partial charge in [-0.25, -0.2) is 0 Å². The van der Waals surface area contributed by atoms with E-state index in [1.807, 2.05) is 24.3 Å². The third-order valence-electron chi connectivity index (χ3n) is 2.63. The molecule has 0 unspecified atom stereocenters. The molecule has 2 aromatic carbocycles. The van der Waals surface area contributed by atoms with Gasteiger partial charge in [-0.05, 0) is 48.2 Å². The number of methoxy groups -OCH3 is 1. The van der Waals surface area contributed by atoms with E-state index in [0.29, 0.717) is 5.75 Å². The lowest BCUT2D eigenvalue weighted by atomic mass is 10.0. The Hall–Kier alpha value is -1.96. The van der Waals surface area contributed by atoms with Gasteiger partial charge in [0.05, 0.1) is 7.11 Å². The number of phenols is 1. The van der Waals surface area contributed by atoms with Crippen LogP contribution in [0.4, 0.5) is 0 Å². The first-order valence-electron chi connectivity index (χ1n) is 5.53. The van der Waals surface area contributed by atoms with Gasteiger partial charge in [-0.2, -0.15) is 0 Å². The van der Waals surface area contributed by atoms with Gasteiger partial charge in [0.25, 0.3) is 0 Å². The predicted octanol–water partition coefficient (Wildman–Crippen LogP) is 3.20. The van der Waals surface area contributed by atoms with Crippen LogP contribution in [0.1, 0.15) is 11.1 Å². The van der Waals surface area contributed by atoms with Crippen molar-refractivity contribution in [1.29, 1.82) is 0 Å². The lowest BCUT2D eigenvalue weighted by Gasteiger charge is -2.04. The molecule has 1 radical (unpaired) electrons. The van der Waals surface area contributed by atoms with Crippen molar-refractivity contribution in [3.63, 3.8) is 0 Å². The molecule has 0 aliphatic heterocycles. The van der Waals surface area contributed by atoms with Crippen molar-refractivity contribution in [2.45, 2.75) is 6.42 Å². The predicted molar refractivity (Wildman–Crippen MR) is 68.2 cm³/mol. The molecule has 0 fully saturated rings. The molecule has 0 saturated carbocycles. The van der Waals surface area contributed by atoms with Gasteiger partial charge in [0.2, 0.25) is 0 Å². The molecular formula is C15H15O2. The average Bonchev–Trinajstić information content (AvgIpc) is 2.39. The Morgan fingerprint density at radius 3 is 2.24 bits per heavy atom. The van der Waals surface area contributed by atoms with Crippen LogP contribution in [0.3, 0.4) is 0 Å². The number of hydrogen-bond acceptors (Lipinski definition) is 2. The number of aromatic hydroxyl groups is 1. The fraction of sp³-hybridized carbons (Fsp3) is 0.133. The smallest absolute Gasteiger partial charge is 0.118 e. The Balaban J connectivity index is 1.95. The van der Waals surface area contributed by atoms with E-state index in [0.717, 1.165) is 17.7 Å². The van der Waals surface area contributed by atoms with Crippen molar-refractivity contribution < 1.29 is 9.84 Å². The fourth-order valence-electron chi connectivity index (χ4n) is 1.61. The maximum Gasteiger partial charge on any atom is 0.118 e. The van der Waals surface area contributed by atoms with Crippen LogP contribution < -0.4 is 4.74 Å². The number of rotatable bonds is 4. The van der Waals surface area contributed by atoms with Crippen molar-refractivity contribution >= 4 is 0 Å². The molecule has 0 spiro atoms. The average molecular weight is 227 g/mol. The molecule has 2 nitrogen and oxygen atoms in total. The summed E-state index contributed by atoms with van der Waals surface area (Å²) in [6.45, 7) is 0. The Labute approximate surface area is 101 Å². The van der Waals surface area contributed by atoms with Gasteiger partial charge in [-0.1, -0.05) is 24.3 Å². The molecule has 0 aromatic heterocycles. The highest BCUT2D eigenvalue weighted by Crippen LogP contribution is 2.16. The quantitative estimate of drug-likeness (QED) is 0.869. The summed E-state index contributed by atoms with van der Waals surface area (Å²) in [6.07, 6.45) is 3.00. The number of phenolic OH excluding ortho intramolecular Hbond substituents is 1. The van der Waals surface area contributed by atoms with Crippen LogP contribution in [0.25, 0.3) is 0 Å². The first kappa shape index (κ1) is 11.5. The van der Waals surface area contributed by atoms with Gasteiger partial charge in [-0.15, -0.1) is 0 Å². The molecule has 0 heterocycles. The number of ether oxygens (including phenoxy) is 1. The fourth-order valence-corrected chi connectivity index (χ4v) is 1.61. The van der Waals surface area contributed by atoms with Gasteiger partial charge in [0, 0.05) is 0 Å². The van der Waals surface area contributed by atoms with E-state index in [2.05, 4.69) is 18.6 Å². The lowest BCUT2D eigenvalue weighted by Crippen LogP contribution is -1.89. The third-order valence-corrected chi connectivity index (χ3v) is 2.63. The normalized spacial score (nSPS) is 10.2. The number of hydrogen-bond donors (Lipinski definition) is 1. The van der Waals surface area contributed by atoms with Gasteiger partial charge < -0.3 is 9.84 Å². The van der Waals surface area contributed by atoms with Crippen LogP contribution in [-0.2, 0) is 6.42 Å². The first-order chi connectivity index (χ1) is 8.28. The molecule has 0 amide bonds. The molecule has 1 N–H and O–H groups in total. The van der Waals surface area contributed by atoms with E-state index in [1.165, 1.54) is 5.56 Å². The highest BCUT2D eigenvalue weighted by Gasteiger charge is 1.97. The molecule has 17 heavy (non-hydrogen) atoms. The molecule has 2 aromatic rings. The highest BCUT2D eigenvalue weighted by atomic mass is 16.5. The van der Waals surface area contributed by atoms with Gasteiger partial charge >= 0.3 is 0 Å². The third kappa shape index (κ3) is 3.25. The van der Waals surface area contributed by atoms with Crippen molar-refractivity contribution in [1.82, 2.24) is 0 Å². The van der Waals surface area contributed by atoms with Gasteiger partial charge in [-0.3, -0.25) is 0 Å². The van der Waals surface area contributed by atoms with Crippen molar-refractivity contribution in [3.8, 4) is 11.5 Å². The first-order valence-corrected chi connectivity index (χ1v) is 5.53. The maximum absolute atomic E-state index is 9.17. The van der Waals surface area contributed by atoms with E-state index < -0.39 is 0 Å². The second-order valence-electron chi connectivity index (χ2n) is 3.85. The summed E-state index contributed by atoms with van der Waals surface area (Å²) in [5.74, 6) is 1.17. The minimum atomic E-state index is 0.298. The zero-order chi connectivity index (χ0) is 12.1. The second kappa shape index (κ2) is 5.39. The van der Waals surface area contributed by atoms with E-state index in [1.54, 1.807) is 19.2 Å². The van der Waals surface area contributed by atoms with Crippen LogP contribution in [0, 0.1) is 6.42 Å². The zero-order valence-electron chi connectivity index (χ0n) is 9.76. The molecule has 0 aliphatic carbocycles. The molecule has 2 rings (SSSR count). The molecule has 0 aliphatic rings.